The summed E-state index contributed by atoms with van der Waals surface area (Å²) in [4.78, 5) is 10.6. The van der Waals surface area contributed by atoms with E-state index < -0.39 is 11.0 Å². The fraction of sp³-hybridized carbons (Fsp3) is 0.438. The molecule has 5 nitrogen and oxygen atoms in total. The number of nitrogens with zero attached hydrogens (tertiary/aromatic N) is 2. The van der Waals surface area contributed by atoms with Crippen molar-refractivity contribution in [3.8, 4) is 6.07 Å². The number of nitro groups is 1. The smallest absolute Gasteiger partial charge is 0.275 e. The van der Waals surface area contributed by atoms with E-state index in [2.05, 4.69) is 17.5 Å². The lowest BCUT2D eigenvalue weighted by Gasteiger charge is -2.15. The Morgan fingerprint density at radius 3 is 2.86 bits per heavy atom. The first-order valence-electron chi connectivity index (χ1n) is 7.26. The Balaban J connectivity index is 1.99. The second-order valence-corrected chi connectivity index (χ2v) is 5.19. The van der Waals surface area contributed by atoms with Crippen LogP contribution < -0.4 is 5.32 Å². The van der Waals surface area contributed by atoms with Crippen LogP contribution >= 0.6 is 0 Å². The van der Waals surface area contributed by atoms with Gasteiger partial charge in [-0.25, -0.2) is 0 Å². The summed E-state index contributed by atoms with van der Waals surface area (Å²) in [6, 6.07) is 7.88. The van der Waals surface area contributed by atoms with Crippen molar-refractivity contribution >= 4 is 5.69 Å². The Bertz CT molecular complexity index is 575. The molecule has 1 atom stereocenters. The first kappa shape index (κ1) is 15.2. The number of hydrogen-bond donors (Lipinski definition) is 1. The van der Waals surface area contributed by atoms with Crippen molar-refractivity contribution in [2.75, 3.05) is 6.54 Å². The van der Waals surface area contributed by atoms with Crippen molar-refractivity contribution in [1.29, 1.82) is 5.26 Å². The standard InChI is InChI=1S/C16H19N3O2/c17-12-15(14-8-4-5-9-16(14)19(20)21)18-11-10-13-6-2-1-3-7-13/h4-6,8-9,15,18H,1-3,7,10-11H2. The van der Waals surface area contributed by atoms with Crippen LogP contribution in [0.2, 0.25) is 0 Å². The maximum absolute atomic E-state index is 11.0. The molecule has 21 heavy (non-hydrogen) atoms. The molecule has 0 saturated heterocycles. The molecule has 0 amide bonds. The average molecular weight is 285 g/mol. The lowest BCUT2D eigenvalue weighted by atomic mass is 9.97. The molecule has 0 bridgehead atoms. The van der Waals surface area contributed by atoms with Gasteiger partial charge in [0, 0.05) is 12.6 Å². The normalized spacial score (nSPS) is 15.9. The molecule has 0 radical (unpaired) electrons. The number of rotatable bonds is 6. The van der Waals surface area contributed by atoms with Crippen LogP contribution in [-0.2, 0) is 0 Å². The highest BCUT2D eigenvalue weighted by Crippen LogP contribution is 2.25. The molecule has 1 aromatic carbocycles. The van der Waals surface area contributed by atoms with Crippen LogP contribution in [0, 0.1) is 21.4 Å². The van der Waals surface area contributed by atoms with E-state index in [9.17, 15) is 15.4 Å². The fourth-order valence-corrected chi connectivity index (χ4v) is 2.63. The van der Waals surface area contributed by atoms with Crippen LogP contribution in [0.15, 0.2) is 35.9 Å². The summed E-state index contributed by atoms with van der Waals surface area (Å²) >= 11 is 0. The van der Waals surface area contributed by atoms with E-state index in [1.54, 1.807) is 18.2 Å². The van der Waals surface area contributed by atoms with Gasteiger partial charge in [-0.2, -0.15) is 5.26 Å². The molecule has 5 heteroatoms. The Labute approximate surface area is 124 Å². The Kier molecular flexibility index (Phi) is 5.47. The predicted octanol–water partition coefficient (Wildman–Crippen LogP) is 3.64. The van der Waals surface area contributed by atoms with Crippen LogP contribution in [0.5, 0.6) is 0 Å². The van der Waals surface area contributed by atoms with E-state index >= 15 is 0 Å². The first-order valence-corrected chi connectivity index (χ1v) is 7.26. The van der Waals surface area contributed by atoms with Crippen molar-refractivity contribution < 1.29 is 4.92 Å². The molecule has 0 saturated carbocycles. The summed E-state index contributed by atoms with van der Waals surface area (Å²) in [5.74, 6) is 0. The third-order valence-electron chi connectivity index (χ3n) is 3.75. The second kappa shape index (κ2) is 7.55. The van der Waals surface area contributed by atoms with Gasteiger partial charge in [0.15, 0.2) is 0 Å². The lowest BCUT2D eigenvalue weighted by molar-refractivity contribution is -0.385. The van der Waals surface area contributed by atoms with E-state index in [0.717, 1.165) is 19.3 Å². The van der Waals surface area contributed by atoms with Gasteiger partial charge < -0.3 is 0 Å². The maximum Gasteiger partial charge on any atom is 0.275 e. The molecule has 0 fully saturated rings. The Hall–Kier alpha value is -2.19. The third-order valence-corrected chi connectivity index (χ3v) is 3.75. The molecule has 0 spiro atoms. The number of allylic oxidation sites excluding steroid dienone is 1. The lowest BCUT2D eigenvalue weighted by Crippen LogP contribution is -2.22. The fourth-order valence-electron chi connectivity index (χ4n) is 2.63. The van der Waals surface area contributed by atoms with Gasteiger partial charge in [0.2, 0.25) is 0 Å². The number of nitrogens with one attached hydrogen (secondary N) is 1. The zero-order valence-electron chi connectivity index (χ0n) is 11.9. The minimum Gasteiger partial charge on any atom is -0.298 e. The highest BCUT2D eigenvalue weighted by Gasteiger charge is 2.20. The van der Waals surface area contributed by atoms with Gasteiger partial charge in [-0.1, -0.05) is 23.8 Å². The van der Waals surface area contributed by atoms with E-state index in [1.807, 2.05) is 0 Å². The van der Waals surface area contributed by atoms with Crippen LogP contribution in [0.3, 0.4) is 0 Å². The van der Waals surface area contributed by atoms with Crippen LogP contribution in [-0.4, -0.2) is 11.5 Å². The zero-order valence-corrected chi connectivity index (χ0v) is 11.9. The highest BCUT2D eigenvalue weighted by molar-refractivity contribution is 5.44. The minimum absolute atomic E-state index is 0.00608. The van der Waals surface area contributed by atoms with Crippen molar-refractivity contribution in [1.82, 2.24) is 5.32 Å². The maximum atomic E-state index is 11.0. The molecule has 0 aliphatic heterocycles. The molecule has 0 heterocycles. The van der Waals surface area contributed by atoms with Gasteiger partial charge in [0.25, 0.3) is 5.69 Å². The van der Waals surface area contributed by atoms with Gasteiger partial charge in [-0.15, -0.1) is 0 Å². The molecule has 110 valence electrons. The van der Waals surface area contributed by atoms with Gasteiger partial charge in [-0.3, -0.25) is 15.4 Å². The monoisotopic (exact) mass is 285 g/mol. The molecule has 1 N–H and O–H groups in total. The van der Waals surface area contributed by atoms with Crippen LogP contribution in [0.25, 0.3) is 0 Å². The SMILES string of the molecule is N#CC(NCCC1=CCCCC1)c1ccccc1[N+](=O)[O-]. The topological polar surface area (TPSA) is 79.0 Å². The summed E-state index contributed by atoms with van der Waals surface area (Å²) < 4.78 is 0. The summed E-state index contributed by atoms with van der Waals surface area (Å²) in [7, 11) is 0. The van der Waals surface area contributed by atoms with Crippen molar-refractivity contribution in [2.45, 2.75) is 38.1 Å². The number of para-hydroxylation sites is 1. The molecule has 0 aromatic heterocycles. The van der Waals surface area contributed by atoms with Gasteiger partial charge >= 0.3 is 0 Å². The number of nitro benzene ring substituents is 1. The Morgan fingerprint density at radius 1 is 1.38 bits per heavy atom. The van der Waals surface area contributed by atoms with Crippen LogP contribution in [0.4, 0.5) is 5.69 Å². The predicted molar refractivity (Wildman–Crippen MR) is 80.6 cm³/mol. The highest BCUT2D eigenvalue weighted by atomic mass is 16.6. The summed E-state index contributed by atoms with van der Waals surface area (Å²) in [5.41, 5.74) is 1.85. The van der Waals surface area contributed by atoms with Crippen LogP contribution in [0.1, 0.15) is 43.7 Å². The Morgan fingerprint density at radius 2 is 2.19 bits per heavy atom. The number of benzene rings is 1. The van der Waals surface area contributed by atoms with Crippen molar-refractivity contribution in [3.63, 3.8) is 0 Å². The van der Waals surface area contributed by atoms with E-state index in [4.69, 9.17) is 0 Å². The summed E-state index contributed by atoms with van der Waals surface area (Å²) in [6.45, 7) is 0.663. The van der Waals surface area contributed by atoms with E-state index in [1.165, 1.54) is 24.5 Å². The zero-order chi connectivity index (χ0) is 15.1. The molecule has 1 aromatic rings. The third kappa shape index (κ3) is 4.14. The quantitative estimate of drug-likeness (QED) is 0.491. The summed E-state index contributed by atoms with van der Waals surface area (Å²) in [6.07, 6.45) is 7.94. The average Bonchev–Trinajstić information content (AvgIpc) is 2.52. The van der Waals surface area contributed by atoms with Crippen molar-refractivity contribution in [3.05, 3.63) is 51.6 Å². The molecule has 2 rings (SSSR count). The van der Waals surface area contributed by atoms with Gasteiger partial charge in [-0.05, 0) is 38.2 Å². The van der Waals surface area contributed by atoms with Gasteiger partial charge in [0.1, 0.15) is 6.04 Å². The molecular weight excluding hydrogens is 266 g/mol. The van der Waals surface area contributed by atoms with Gasteiger partial charge in [0.05, 0.1) is 16.6 Å². The van der Waals surface area contributed by atoms with E-state index in [-0.39, 0.29) is 5.69 Å². The molecule has 1 aliphatic carbocycles. The summed E-state index contributed by atoms with van der Waals surface area (Å²) in [5, 5.41) is 23.4. The van der Waals surface area contributed by atoms with Crippen molar-refractivity contribution in [2.24, 2.45) is 0 Å². The second-order valence-electron chi connectivity index (χ2n) is 5.19. The molecule has 1 unspecified atom stereocenters. The minimum atomic E-state index is -0.643. The first-order chi connectivity index (χ1) is 10.2. The number of nitriles is 1. The molecular formula is C16H19N3O2. The molecule has 1 aliphatic rings. The number of hydrogen-bond acceptors (Lipinski definition) is 4. The van der Waals surface area contributed by atoms with E-state index in [0.29, 0.717) is 12.1 Å². The largest absolute Gasteiger partial charge is 0.298 e.